The monoisotopic (exact) mass is 336 g/mol. The van der Waals surface area contributed by atoms with E-state index in [1.54, 1.807) is 11.3 Å². The molecule has 7 nitrogen and oxygen atoms in total. The van der Waals surface area contributed by atoms with Crippen molar-refractivity contribution >= 4 is 32.7 Å². The second kappa shape index (κ2) is 6.84. The Bertz CT molecular complexity index is 659. The minimum atomic E-state index is -0.161. The number of thiazole rings is 1. The highest BCUT2D eigenvalue weighted by Gasteiger charge is 2.23. The van der Waals surface area contributed by atoms with Gasteiger partial charge in [0.05, 0.1) is 16.3 Å². The first-order valence-electron chi connectivity index (χ1n) is 8.10. The third-order valence-corrected chi connectivity index (χ3v) is 5.49. The van der Waals surface area contributed by atoms with Crippen molar-refractivity contribution in [3.8, 4) is 0 Å². The fourth-order valence-corrected chi connectivity index (χ4v) is 4.11. The largest absolute Gasteiger partial charge is 0.369 e. The Morgan fingerprint density at radius 2 is 2.35 bits per heavy atom. The number of aromatic nitrogens is 3. The van der Waals surface area contributed by atoms with Crippen LogP contribution in [0.15, 0.2) is 0 Å². The quantitative estimate of drug-likeness (QED) is 0.777. The third kappa shape index (κ3) is 3.64. The number of primary amides is 1. The summed E-state index contributed by atoms with van der Waals surface area (Å²) in [5.41, 5.74) is 7.39. The molecule has 23 heavy (non-hydrogen) atoms. The third-order valence-electron chi connectivity index (χ3n) is 4.38. The highest BCUT2D eigenvalue weighted by atomic mass is 32.1. The number of anilines is 1. The molecule has 0 spiro atoms. The molecule has 126 valence electrons. The summed E-state index contributed by atoms with van der Waals surface area (Å²) in [4.78, 5) is 18.2. The summed E-state index contributed by atoms with van der Waals surface area (Å²) in [5, 5.41) is 8.71. The molecule has 2 aromatic rings. The Balaban J connectivity index is 1.45. The van der Waals surface area contributed by atoms with E-state index < -0.39 is 0 Å². The minimum absolute atomic E-state index is 0.0245. The Morgan fingerprint density at radius 1 is 1.52 bits per heavy atom. The van der Waals surface area contributed by atoms with Crippen LogP contribution in [0.1, 0.15) is 25.0 Å². The summed E-state index contributed by atoms with van der Waals surface area (Å²) in [5.74, 6) is -0.136. The maximum atomic E-state index is 11.3. The van der Waals surface area contributed by atoms with E-state index in [0.717, 1.165) is 66.6 Å². The zero-order valence-corrected chi connectivity index (χ0v) is 14.5. The SMILES string of the molecule is Cc1nn(C)c2nc(NCCCN3CCC[C@H](C(N)=O)C3)sc12. The summed E-state index contributed by atoms with van der Waals surface area (Å²) in [6.45, 7) is 5.75. The number of rotatable bonds is 6. The van der Waals surface area contributed by atoms with Gasteiger partial charge in [-0.1, -0.05) is 11.3 Å². The van der Waals surface area contributed by atoms with Crippen LogP contribution in [-0.4, -0.2) is 51.8 Å². The number of aryl methyl sites for hydroxylation is 2. The van der Waals surface area contributed by atoms with Crippen molar-refractivity contribution < 1.29 is 4.79 Å². The molecule has 1 aliphatic rings. The number of nitrogens with two attached hydrogens (primary N) is 1. The fourth-order valence-electron chi connectivity index (χ4n) is 3.15. The maximum Gasteiger partial charge on any atom is 0.221 e. The number of carbonyl (C=O) groups is 1. The summed E-state index contributed by atoms with van der Waals surface area (Å²) in [6, 6.07) is 0. The molecule has 3 heterocycles. The molecule has 0 saturated carbocycles. The van der Waals surface area contributed by atoms with Gasteiger partial charge < -0.3 is 16.0 Å². The lowest BCUT2D eigenvalue weighted by molar-refractivity contribution is -0.123. The molecule has 0 aromatic carbocycles. The van der Waals surface area contributed by atoms with Crippen LogP contribution in [0.5, 0.6) is 0 Å². The van der Waals surface area contributed by atoms with E-state index >= 15 is 0 Å². The predicted molar refractivity (Wildman–Crippen MR) is 92.6 cm³/mol. The topological polar surface area (TPSA) is 89.1 Å². The number of likely N-dealkylation sites (tertiary alicyclic amines) is 1. The number of nitrogens with one attached hydrogen (secondary N) is 1. The zero-order chi connectivity index (χ0) is 16.4. The number of fused-ring (bicyclic) bond motifs is 1. The average Bonchev–Trinajstić information content (AvgIpc) is 3.06. The Labute approximate surface area is 139 Å². The summed E-state index contributed by atoms with van der Waals surface area (Å²) >= 11 is 1.65. The number of carbonyl (C=O) groups excluding carboxylic acids is 1. The first-order valence-corrected chi connectivity index (χ1v) is 8.92. The Hall–Kier alpha value is -1.67. The van der Waals surface area contributed by atoms with Gasteiger partial charge >= 0.3 is 0 Å². The first kappa shape index (κ1) is 16.2. The maximum absolute atomic E-state index is 11.3. The van der Waals surface area contributed by atoms with E-state index in [2.05, 4.69) is 20.3 Å². The van der Waals surface area contributed by atoms with Crippen molar-refractivity contribution in [2.24, 2.45) is 18.7 Å². The summed E-state index contributed by atoms with van der Waals surface area (Å²) in [7, 11) is 1.92. The van der Waals surface area contributed by atoms with Gasteiger partial charge in [-0.3, -0.25) is 4.79 Å². The lowest BCUT2D eigenvalue weighted by Crippen LogP contribution is -2.41. The molecule has 1 fully saturated rings. The molecular formula is C15H24N6OS. The lowest BCUT2D eigenvalue weighted by atomic mass is 9.97. The molecule has 0 unspecified atom stereocenters. The van der Waals surface area contributed by atoms with E-state index in [9.17, 15) is 4.79 Å². The van der Waals surface area contributed by atoms with Crippen molar-refractivity contribution in [3.63, 3.8) is 0 Å². The lowest BCUT2D eigenvalue weighted by Gasteiger charge is -2.31. The van der Waals surface area contributed by atoms with Crippen LogP contribution < -0.4 is 11.1 Å². The second-order valence-corrected chi connectivity index (χ2v) is 7.20. The number of piperidine rings is 1. The van der Waals surface area contributed by atoms with Gasteiger partial charge in [0.15, 0.2) is 10.8 Å². The molecular weight excluding hydrogens is 312 g/mol. The van der Waals surface area contributed by atoms with Gasteiger partial charge in [-0.25, -0.2) is 9.67 Å². The van der Waals surface area contributed by atoms with Crippen LogP contribution in [0.25, 0.3) is 10.3 Å². The van der Waals surface area contributed by atoms with Crippen molar-refractivity contribution in [2.75, 3.05) is 31.5 Å². The molecule has 1 saturated heterocycles. The highest BCUT2D eigenvalue weighted by molar-refractivity contribution is 7.22. The number of hydrogen-bond donors (Lipinski definition) is 2. The van der Waals surface area contributed by atoms with Gasteiger partial charge in [-0.15, -0.1) is 0 Å². The van der Waals surface area contributed by atoms with Crippen molar-refractivity contribution in [1.29, 1.82) is 0 Å². The molecule has 2 aromatic heterocycles. The molecule has 0 aliphatic carbocycles. The van der Waals surface area contributed by atoms with E-state index in [1.165, 1.54) is 0 Å². The van der Waals surface area contributed by atoms with Crippen LogP contribution in [0.3, 0.4) is 0 Å². The molecule has 1 amide bonds. The zero-order valence-electron chi connectivity index (χ0n) is 13.7. The second-order valence-electron chi connectivity index (χ2n) is 6.20. The van der Waals surface area contributed by atoms with E-state index in [1.807, 2.05) is 18.7 Å². The van der Waals surface area contributed by atoms with Gasteiger partial charge in [0, 0.05) is 20.1 Å². The predicted octanol–water partition coefficient (Wildman–Crippen LogP) is 1.34. The minimum Gasteiger partial charge on any atom is -0.369 e. The van der Waals surface area contributed by atoms with Crippen LogP contribution >= 0.6 is 11.3 Å². The van der Waals surface area contributed by atoms with Crippen LogP contribution in [-0.2, 0) is 11.8 Å². The van der Waals surface area contributed by atoms with Gasteiger partial charge in [-0.05, 0) is 39.3 Å². The average molecular weight is 336 g/mol. The molecule has 0 bridgehead atoms. The molecule has 1 atom stereocenters. The van der Waals surface area contributed by atoms with Gasteiger partial charge in [-0.2, -0.15) is 5.10 Å². The van der Waals surface area contributed by atoms with Crippen LogP contribution in [0.4, 0.5) is 5.13 Å². The molecule has 8 heteroatoms. The summed E-state index contributed by atoms with van der Waals surface area (Å²) in [6.07, 6.45) is 3.02. The molecule has 0 radical (unpaired) electrons. The number of amides is 1. The van der Waals surface area contributed by atoms with Crippen LogP contribution in [0.2, 0.25) is 0 Å². The smallest absolute Gasteiger partial charge is 0.221 e. The van der Waals surface area contributed by atoms with E-state index in [-0.39, 0.29) is 11.8 Å². The van der Waals surface area contributed by atoms with E-state index in [4.69, 9.17) is 5.73 Å². The molecule has 3 rings (SSSR count). The summed E-state index contributed by atoms with van der Waals surface area (Å²) < 4.78 is 2.97. The van der Waals surface area contributed by atoms with Gasteiger partial charge in [0.2, 0.25) is 5.91 Å². The fraction of sp³-hybridized carbons (Fsp3) is 0.667. The first-order chi connectivity index (χ1) is 11.0. The number of nitrogens with zero attached hydrogens (tertiary/aromatic N) is 4. The normalized spacial score (nSPS) is 19.3. The Morgan fingerprint density at radius 3 is 3.09 bits per heavy atom. The van der Waals surface area contributed by atoms with Crippen molar-refractivity contribution in [1.82, 2.24) is 19.7 Å². The molecule has 1 aliphatic heterocycles. The van der Waals surface area contributed by atoms with Crippen molar-refractivity contribution in [3.05, 3.63) is 5.69 Å². The number of hydrogen-bond acceptors (Lipinski definition) is 6. The van der Waals surface area contributed by atoms with Gasteiger partial charge in [0.25, 0.3) is 0 Å². The van der Waals surface area contributed by atoms with Gasteiger partial charge in [0.1, 0.15) is 0 Å². The van der Waals surface area contributed by atoms with Crippen LogP contribution in [0, 0.1) is 12.8 Å². The highest BCUT2D eigenvalue weighted by Crippen LogP contribution is 2.27. The Kier molecular flexibility index (Phi) is 4.82. The van der Waals surface area contributed by atoms with E-state index in [0.29, 0.717) is 0 Å². The molecule has 3 N–H and O–H groups in total. The van der Waals surface area contributed by atoms with Crippen molar-refractivity contribution in [2.45, 2.75) is 26.2 Å². The standard InChI is InChI=1S/C15H24N6OS/c1-10-12-14(20(2)19-10)18-15(23-12)17-6-4-8-21-7-3-5-11(9-21)13(16)22/h11H,3-9H2,1-2H3,(H2,16,22)(H,17,18)/t11-/m0/s1.